The minimum atomic E-state index is -0.0388. The van der Waals surface area contributed by atoms with Crippen LogP contribution in [0.3, 0.4) is 0 Å². The van der Waals surface area contributed by atoms with Gasteiger partial charge < -0.3 is 9.80 Å². The number of rotatable bonds is 0. The Labute approximate surface area is 79.7 Å². The molecule has 0 bridgehead atoms. The number of carbonyl (C=O) groups excluding carboxylic acids is 1. The Hall–Kier alpha value is -1.01. The van der Waals surface area contributed by atoms with E-state index in [1.807, 2.05) is 4.90 Å². The van der Waals surface area contributed by atoms with Crippen LogP contribution >= 0.6 is 0 Å². The smallest absolute Gasteiger partial charge is 0.298 e. The number of nitrogens with zero attached hydrogens (tertiary/aromatic N) is 2. The second-order valence-corrected chi connectivity index (χ2v) is 3.48. The molecule has 1 aliphatic heterocycles. The molecule has 72 valence electrons. The standard InChI is InChI=1S/C10H16N2O/c1-4-5-10(13)12-7-6-11(3)8-9(12)2/h9H,6-8H2,1-3H3. The molecule has 1 fully saturated rings. The Morgan fingerprint density at radius 2 is 2.15 bits per heavy atom. The van der Waals surface area contributed by atoms with Gasteiger partial charge in [-0.2, -0.15) is 0 Å². The van der Waals surface area contributed by atoms with Gasteiger partial charge >= 0.3 is 0 Å². The fourth-order valence-electron chi connectivity index (χ4n) is 1.62. The molecule has 13 heavy (non-hydrogen) atoms. The summed E-state index contributed by atoms with van der Waals surface area (Å²) in [6, 6.07) is 0.284. The van der Waals surface area contributed by atoms with E-state index in [0.717, 1.165) is 19.6 Å². The van der Waals surface area contributed by atoms with Crippen LogP contribution in [0.15, 0.2) is 0 Å². The lowest BCUT2D eigenvalue weighted by molar-refractivity contribution is -0.129. The molecule has 1 heterocycles. The quantitative estimate of drug-likeness (QED) is 0.496. The van der Waals surface area contributed by atoms with Gasteiger partial charge in [0.2, 0.25) is 0 Å². The van der Waals surface area contributed by atoms with E-state index in [1.54, 1.807) is 6.92 Å². The Morgan fingerprint density at radius 1 is 1.46 bits per heavy atom. The van der Waals surface area contributed by atoms with Crippen molar-refractivity contribution in [2.45, 2.75) is 19.9 Å². The van der Waals surface area contributed by atoms with Crippen molar-refractivity contribution in [1.82, 2.24) is 9.80 Å². The van der Waals surface area contributed by atoms with E-state index in [9.17, 15) is 4.79 Å². The molecule has 0 aromatic carbocycles. The topological polar surface area (TPSA) is 23.6 Å². The fourth-order valence-corrected chi connectivity index (χ4v) is 1.62. The van der Waals surface area contributed by atoms with E-state index in [-0.39, 0.29) is 11.9 Å². The highest BCUT2D eigenvalue weighted by molar-refractivity contribution is 5.93. The molecule has 0 saturated carbocycles. The number of piperazine rings is 1. The van der Waals surface area contributed by atoms with Crippen molar-refractivity contribution >= 4 is 5.91 Å². The van der Waals surface area contributed by atoms with Gasteiger partial charge in [-0.25, -0.2) is 0 Å². The minimum Gasteiger partial charge on any atom is -0.327 e. The molecule has 0 aromatic heterocycles. The lowest BCUT2D eigenvalue weighted by atomic mass is 10.2. The first-order valence-corrected chi connectivity index (χ1v) is 4.57. The van der Waals surface area contributed by atoms with Crippen molar-refractivity contribution < 1.29 is 4.79 Å². The Bertz CT molecular complexity index is 251. The largest absolute Gasteiger partial charge is 0.327 e. The summed E-state index contributed by atoms with van der Waals surface area (Å²) >= 11 is 0. The fraction of sp³-hybridized carbons (Fsp3) is 0.700. The van der Waals surface area contributed by atoms with Gasteiger partial charge in [0.25, 0.3) is 5.91 Å². The van der Waals surface area contributed by atoms with Gasteiger partial charge in [0, 0.05) is 25.7 Å². The number of hydrogen-bond donors (Lipinski definition) is 0. The summed E-state index contributed by atoms with van der Waals surface area (Å²) in [4.78, 5) is 15.5. The van der Waals surface area contributed by atoms with Gasteiger partial charge in [-0.3, -0.25) is 4.79 Å². The number of amides is 1. The van der Waals surface area contributed by atoms with Crippen molar-refractivity contribution in [3.63, 3.8) is 0 Å². The summed E-state index contributed by atoms with van der Waals surface area (Å²) in [6.07, 6.45) is 0. The van der Waals surface area contributed by atoms with Crippen LogP contribution in [0.5, 0.6) is 0 Å². The molecule has 3 heteroatoms. The zero-order valence-corrected chi connectivity index (χ0v) is 8.50. The SMILES string of the molecule is CC#CC(=O)N1CCN(C)CC1C. The van der Waals surface area contributed by atoms with E-state index < -0.39 is 0 Å². The highest BCUT2D eigenvalue weighted by atomic mass is 16.2. The van der Waals surface area contributed by atoms with Crippen LogP contribution < -0.4 is 0 Å². The van der Waals surface area contributed by atoms with Crippen molar-refractivity contribution in [1.29, 1.82) is 0 Å². The lowest BCUT2D eigenvalue weighted by Gasteiger charge is -2.37. The van der Waals surface area contributed by atoms with E-state index in [2.05, 4.69) is 30.7 Å². The van der Waals surface area contributed by atoms with Crippen molar-refractivity contribution in [2.24, 2.45) is 0 Å². The number of likely N-dealkylation sites (N-methyl/N-ethyl adjacent to an activating group) is 1. The summed E-state index contributed by atoms with van der Waals surface area (Å²) in [5, 5.41) is 0. The third-order valence-electron chi connectivity index (χ3n) is 2.32. The highest BCUT2D eigenvalue weighted by Crippen LogP contribution is 2.07. The predicted octanol–water partition coefficient (Wildman–Crippen LogP) is 0.172. The van der Waals surface area contributed by atoms with Crippen LogP contribution in [0.1, 0.15) is 13.8 Å². The van der Waals surface area contributed by atoms with Crippen LogP contribution in [-0.4, -0.2) is 48.4 Å². The van der Waals surface area contributed by atoms with E-state index in [4.69, 9.17) is 0 Å². The second kappa shape index (κ2) is 4.29. The van der Waals surface area contributed by atoms with Gasteiger partial charge in [0.15, 0.2) is 0 Å². The number of carbonyl (C=O) groups is 1. The van der Waals surface area contributed by atoms with E-state index in [1.165, 1.54) is 0 Å². The highest BCUT2D eigenvalue weighted by Gasteiger charge is 2.24. The first-order valence-electron chi connectivity index (χ1n) is 4.57. The van der Waals surface area contributed by atoms with Crippen molar-refractivity contribution in [2.75, 3.05) is 26.7 Å². The second-order valence-electron chi connectivity index (χ2n) is 3.48. The van der Waals surface area contributed by atoms with Crippen LogP contribution in [0.4, 0.5) is 0 Å². The molecule has 0 aromatic rings. The Kier molecular flexibility index (Phi) is 3.32. The molecule has 1 saturated heterocycles. The maximum absolute atomic E-state index is 11.4. The molecule has 0 spiro atoms. The molecule has 1 unspecified atom stereocenters. The summed E-state index contributed by atoms with van der Waals surface area (Å²) < 4.78 is 0. The van der Waals surface area contributed by atoms with Gasteiger partial charge in [-0.05, 0) is 26.8 Å². The normalized spacial score (nSPS) is 23.6. The molecular formula is C10H16N2O. The number of hydrogen-bond acceptors (Lipinski definition) is 2. The minimum absolute atomic E-state index is 0.0388. The molecular weight excluding hydrogens is 164 g/mol. The van der Waals surface area contributed by atoms with Crippen molar-refractivity contribution in [3.05, 3.63) is 0 Å². The summed E-state index contributed by atoms with van der Waals surface area (Å²) in [5.41, 5.74) is 0. The molecule has 0 radical (unpaired) electrons. The molecule has 0 N–H and O–H groups in total. The first kappa shape index (κ1) is 10.1. The average Bonchev–Trinajstić information content (AvgIpc) is 2.04. The van der Waals surface area contributed by atoms with Gasteiger partial charge in [0.1, 0.15) is 0 Å². The van der Waals surface area contributed by atoms with E-state index >= 15 is 0 Å². The van der Waals surface area contributed by atoms with Crippen LogP contribution in [0, 0.1) is 11.8 Å². The van der Waals surface area contributed by atoms with Gasteiger partial charge in [0.05, 0.1) is 0 Å². The maximum atomic E-state index is 11.4. The first-order chi connectivity index (χ1) is 6.15. The molecule has 1 atom stereocenters. The Balaban J connectivity index is 2.59. The van der Waals surface area contributed by atoms with E-state index in [0.29, 0.717) is 0 Å². The van der Waals surface area contributed by atoms with Gasteiger partial charge in [-0.1, -0.05) is 5.92 Å². The monoisotopic (exact) mass is 180 g/mol. The lowest BCUT2D eigenvalue weighted by Crippen LogP contribution is -2.52. The molecule has 1 aliphatic rings. The molecule has 3 nitrogen and oxygen atoms in total. The molecule has 1 rings (SSSR count). The average molecular weight is 180 g/mol. The third kappa shape index (κ3) is 2.46. The zero-order chi connectivity index (χ0) is 9.84. The predicted molar refractivity (Wildman–Crippen MR) is 52.1 cm³/mol. The molecule has 1 amide bonds. The van der Waals surface area contributed by atoms with Crippen LogP contribution in [0.25, 0.3) is 0 Å². The van der Waals surface area contributed by atoms with Crippen molar-refractivity contribution in [3.8, 4) is 11.8 Å². The maximum Gasteiger partial charge on any atom is 0.298 e. The summed E-state index contributed by atoms with van der Waals surface area (Å²) in [5.74, 6) is 5.18. The van der Waals surface area contributed by atoms with Crippen LogP contribution in [0.2, 0.25) is 0 Å². The summed E-state index contributed by atoms with van der Waals surface area (Å²) in [6.45, 7) is 6.44. The summed E-state index contributed by atoms with van der Waals surface area (Å²) in [7, 11) is 2.07. The molecule has 0 aliphatic carbocycles. The third-order valence-corrected chi connectivity index (χ3v) is 2.32. The van der Waals surface area contributed by atoms with Crippen LogP contribution in [-0.2, 0) is 4.79 Å². The zero-order valence-electron chi connectivity index (χ0n) is 8.50. The Morgan fingerprint density at radius 3 is 2.69 bits per heavy atom. The van der Waals surface area contributed by atoms with Gasteiger partial charge in [-0.15, -0.1) is 0 Å².